The average Bonchev–Trinajstić information content (AvgIpc) is 2.83. The second kappa shape index (κ2) is 10.0. The smallest absolute Gasteiger partial charge is 0.337 e. The van der Waals surface area contributed by atoms with Gasteiger partial charge in [-0.15, -0.1) is 0 Å². The van der Waals surface area contributed by atoms with Gasteiger partial charge in [0.15, 0.2) is 5.78 Å². The third-order valence-electron chi connectivity index (χ3n) is 7.24. The Bertz CT molecular complexity index is 1050. The highest BCUT2D eigenvalue weighted by atomic mass is 16.5. The zero-order chi connectivity index (χ0) is 24.4. The molecule has 34 heavy (non-hydrogen) atoms. The number of allylic oxidation sites excluding steroid dienone is 3. The lowest BCUT2D eigenvalue weighted by Gasteiger charge is -2.38. The van der Waals surface area contributed by atoms with E-state index in [2.05, 4.69) is 5.32 Å². The van der Waals surface area contributed by atoms with Crippen molar-refractivity contribution in [3.63, 3.8) is 0 Å². The van der Waals surface area contributed by atoms with Crippen LogP contribution < -0.4 is 10.1 Å². The number of benzene rings is 1. The minimum absolute atomic E-state index is 0.125. The van der Waals surface area contributed by atoms with Gasteiger partial charge in [0.25, 0.3) is 0 Å². The first kappa shape index (κ1) is 24.0. The molecule has 1 fully saturated rings. The number of dihydropyridines is 1. The number of carbonyl (C=O) groups excluding carboxylic acids is 3. The van der Waals surface area contributed by atoms with Crippen LogP contribution in [0.15, 0.2) is 46.8 Å². The maximum absolute atomic E-state index is 13.8. The molecule has 0 radical (unpaired) electrons. The molecule has 1 N–H and O–H groups in total. The summed E-state index contributed by atoms with van der Waals surface area (Å²) in [5, 5.41) is 3.31. The molecule has 4 rings (SSSR count). The number of ketones is 1. The van der Waals surface area contributed by atoms with Crippen molar-refractivity contribution in [3.8, 4) is 5.75 Å². The molecule has 1 heterocycles. The van der Waals surface area contributed by atoms with Gasteiger partial charge in [-0.1, -0.05) is 31.5 Å². The number of methoxy groups -OCH3 is 2. The highest BCUT2D eigenvalue weighted by Crippen LogP contribution is 2.47. The van der Waals surface area contributed by atoms with Gasteiger partial charge in [-0.2, -0.15) is 0 Å². The van der Waals surface area contributed by atoms with Gasteiger partial charge in [-0.05, 0) is 51.0 Å². The number of carbonyl (C=O) groups is 3. The third kappa shape index (κ3) is 4.36. The molecule has 1 aliphatic heterocycles. The second-order valence-corrected chi connectivity index (χ2v) is 9.44. The Balaban J connectivity index is 1.82. The van der Waals surface area contributed by atoms with Crippen LogP contribution in [0, 0.1) is 11.8 Å². The molecule has 7 nitrogen and oxygen atoms in total. The molecular formula is C27H33NO6. The predicted octanol–water partition coefficient (Wildman–Crippen LogP) is 4.18. The molecule has 0 bridgehead atoms. The SMILES string of the molecule is COC(=O)[C@H]1C(=O)C2=C(C[C@H]1C)NC(C)=C(C(=O)OC1CCCCC1)[C@@H]2c1ccccc1OC. The van der Waals surface area contributed by atoms with Gasteiger partial charge in [-0.25, -0.2) is 4.79 Å². The first-order valence-electron chi connectivity index (χ1n) is 12.0. The van der Waals surface area contributed by atoms with E-state index in [1.165, 1.54) is 7.11 Å². The second-order valence-electron chi connectivity index (χ2n) is 9.44. The van der Waals surface area contributed by atoms with Crippen LogP contribution in [0.1, 0.15) is 63.9 Å². The van der Waals surface area contributed by atoms with Crippen LogP contribution in [-0.2, 0) is 23.9 Å². The summed E-state index contributed by atoms with van der Waals surface area (Å²) in [5.41, 5.74) is 2.90. The van der Waals surface area contributed by atoms with Gasteiger partial charge in [0.1, 0.15) is 17.8 Å². The van der Waals surface area contributed by atoms with Crippen molar-refractivity contribution in [2.75, 3.05) is 14.2 Å². The van der Waals surface area contributed by atoms with E-state index in [0.717, 1.165) is 37.8 Å². The quantitative estimate of drug-likeness (QED) is 0.513. The molecular weight excluding hydrogens is 434 g/mol. The van der Waals surface area contributed by atoms with E-state index in [4.69, 9.17) is 14.2 Å². The van der Waals surface area contributed by atoms with E-state index in [-0.39, 0.29) is 17.8 Å². The lowest BCUT2D eigenvalue weighted by Crippen LogP contribution is -2.43. The highest BCUT2D eigenvalue weighted by molar-refractivity contribution is 6.12. The van der Waals surface area contributed by atoms with Gasteiger partial charge < -0.3 is 19.5 Å². The van der Waals surface area contributed by atoms with Crippen LogP contribution >= 0.6 is 0 Å². The lowest BCUT2D eigenvalue weighted by atomic mass is 9.69. The van der Waals surface area contributed by atoms with Crippen molar-refractivity contribution in [2.45, 2.75) is 64.4 Å². The van der Waals surface area contributed by atoms with Gasteiger partial charge >= 0.3 is 11.9 Å². The largest absolute Gasteiger partial charge is 0.496 e. The van der Waals surface area contributed by atoms with Crippen molar-refractivity contribution < 1.29 is 28.6 Å². The number of Topliss-reactive ketones (excluding diaryl/α,β-unsaturated/α-hetero) is 1. The van der Waals surface area contributed by atoms with E-state index in [1.54, 1.807) is 7.11 Å². The molecule has 3 atom stereocenters. The van der Waals surface area contributed by atoms with Crippen LogP contribution in [-0.4, -0.2) is 38.0 Å². The first-order chi connectivity index (χ1) is 16.4. The van der Waals surface area contributed by atoms with Gasteiger partial charge in [0.2, 0.25) is 0 Å². The lowest BCUT2D eigenvalue weighted by molar-refractivity contribution is -0.151. The van der Waals surface area contributed by atoms with Crippen molar-refractivity contribution in [3.05, 3.63) is 52.4 Å². The van der Waals surface area contributed by atoms with Crippen molar-refractivity contribution in [2.24, 2.45) is 11.8 Å². The average molecular weight is 468 g/mol. The summed E-state index contributed by atoms with van der Waals surface area (Å²) in [5.74, 6) is -2.58. The number of nitrogens with one attached hydrogen (secondary N) is 1. The summed E-state index contributed by atoms with van der Waals surface area (Å²) in [6, 6.07) is 7.37. The van der Waals surface area contributed by atoms with E-state index >= 15 is 0 Å². The minimum Gasteiger partial charge on any atom is -0.496 e. The Morgan fingerprint density at radius 3 is 2.44 bits per heavy atom. The molecule has 0 unspecified atom stereocenters. The molecule has 7 heteroatoms. The molecule has 0 saturated heterocycles. The molecule has 1 aromatic rings. The summed E-state index contributed by atoms with van der Waals surface area (Å²) in [6.07, 6.45) is 5.29. The maximum atomic E-state index is 13.8. The molecule has 0 amide bonds. The van der Waals surface area contributed by atoms with Gasteiger partial charge in [0.05, 0.1) is 25.7 Å². The number of para-hydroxylation sites is 1. The Morgan fingerprint density at radius 2 is 1.76 bits per heavy atom. The van der Waals surface area contributed by atoms with Crippen molar-refractivity contribution >= 4 is 17.7 Å². The normalized spacial score (nSPS) is 25.4. The van der Waals surface area contributed by atoms with Crippen LogP contribution in [0.25, 0.3) is 0 Å². The van der Waals surface area contributed by atoms with Crippen molar-refractivity contribution in [1.82, 2.24) is 5.32 Å². The van der Waals surface area contributed by atoms with Crippen LogP contribution in [0.2, 0.25) is 0 Å². The van der Waals surface area contributed by atoms with E-state index < -0.39 is 23.8 Å². The van der Waals surface area contributed by atoms with E-state index in [1.807, 2.05) is 38.1 Å². The predicted molar refractivity (Wildman–Crippen MR) is 126 cm³/mol. The fourth-order valence-electron chi connectivity index (χ4n) is 5.56. The number of hydrogen-bond donors (Lipinski definition) is 1. The minimum atomic E-state index is -0.920. The van der Waals surface area contributed by atoms with Crippen LogP contribution in [0.5, 0.6) is 5.75 Å². The Morgan fingerprint density at radius 1 is 1.06 bits per heavy atom. The summed E-state index contributed by atoms with van der Waals surface area (Å²) in [4.78, 5) is 40.0. The highest BCUT2D eigenvalue weighted by Gasteiger charge is 2.48. The molecule has 1 saturated carbocycles. The monoisotopic (exact) mass is 467 g/mol. The molecule has 182 valence electrons. The van der Waals surface area contributed by atoms with Gasteiger partial charge in [0, 0.05) is 22.5 Å². The van der Waals surface area contributed by atoms with Crippen LogP contribution in [0.4, 0.5) is 0 Å². The molecule has 1 aromatic carbocycles. The van der Waals surface area contributed by atoms with E-state index in [0.29, 0.717) is 34.6 Å². The fourth-order valence-corrected chi connectivity index (χ4v) is 5.56. The topological polar surface area (TPSA) is 90.9 Å². The molecule has 2 aliphatic carbocycles. The third-order valence-corrected chi connectivity index (χ3v) is 7.24. The van der Waals surface area contributed by atoms with Gasteiger partial charge in [-0.3, -0.25) is 9.59 Å². The molecule has 0 spiro atoms. The van der Waals surface area contributed by atoms with Crippen molar-refractivity contribution in [1.29, 1.82) is 0 Å². The number of esters is 2. The summed E-state index contributed by atoms with van der Waals surface area (Å²) in [6.45, 7) is 3.71. The Kier molecular flexibility index (Phi) is 7.10. The molecule has 0 aromatic heterocycles. The summed E-state index contributed by atoms with van der Waals surface area (Å²) >= 11 is 0. The van der Waals surface area contributed by atoms with Crippen LogP contribution in [0.3, 0.4) is 0 Å². The standard InChI is InChI=1S/C27H33NO6/c1-15-14-19-24(25(29)21(15)26(30)33-4)23(18-12-8-9-13-20(18)32-3)22(16(2)28-19)27(31)34-17-10-6-5-7-11-17/h8-9,12-13,15,17,21,23,28H,5-7,10-11,14H2,1-4H3/t15-,21-,23+/m1/s1. The zero-order valence-corrected chi connectivity index (χ0v) is 20.3. The fraction of sp³-hybridized carbons (Fsp3) is 0.519. The summed E-state index contributed by atoms with van der Waals surface area (Å²) in [7, 11) is 2.86. The zero-order valence-electron chi connectivity index (χ0n) is 20.3. The van der Waals surface area contributed by atoms with E-state index in [9.17, 15) is 14.4 Å². The first-order valence-corrected chi connectivity index (χ1v) is 12.0. The Labute approximate surface area is 200 Å². The number of ether oxygens (including phenoxy) is 3. The molecule has 3 aliphatic rings. The summed E-state index contributed by atoms with van der Waals surface area (Å²) < 4.78 is 16.5. The number of rotatable bonds is 5. The number of hydrogen-bond acceptors (Lipinski definition) is 7. The maximum Gasteiger partial charge on any atom is 0.337 e. The Hall–Kier alpha value is -3.09.